The Morgan fingerprint density at radius 1 is 1.20 bits per heavy atom. The first-order chi connectivity index (χ1) is 7.31. The van der Waals surface area contributed by atoms with Gasteiger partial charge in [-0.25, -0.2) is 4.85 Å². The molecule has 0 fully saturated rings. The second-order valence-corrected chi connectivity index (χ2v) is 3.33. The molecule has 0 aliphatic heterocycles. The molecular formula is C13H10N2. The average Bonchev–Trinajstić information content (AvgIpc) is 2.31. The van der Waals surface area contributed by atoms with E-state index in [4.69, 9.17) is 6.57 Å². The third kappa shape index (κ3) is 1.87. The van der Waals surface area contributed by atoms with E-state index in [0.29, 0.717) is 5.69 Å². The number of hydrogen-bond acceptors (Lipinski definition) is 1. The smallest absolute Gasteiger partial charge is 0.187 e. The van der Waals surface area contributed by atoms with Crippen molar-refractivity contribution in [1.82, 2.24) is 4.98 Å². The molecule has 2 rings (SSSR count). The van der Waals surface area contributed by atoms with Gasteiger partial charge in [-0.1, -0.05) is 18.2 Å². The number of aryl methyl sites for hydroxylation is 1. The normalized spacial score (nSPS) is 9.60. The third-order valence-electron chi connectivity index (χ3n) is 2.29. The molecule has 1 heterocycles. The van der Waals surface area contributed by atoms with E-state index in [1.165, 1.54) is 0 Å². The fourth-order valence-corrected chi connectivity index (χ4v) is 1.48. The largest absolute Gasteiger partial charge is 0.256 e. The Morgan fingerprint density at radius 3 is 2.73 bits per heavy atom. The van der Waals surface area contributed by atoms with Crippen LogP contribution in [0.1, 0.15) is 5.56 Å². The van der Waals surface area contributed by atoms with Crippen LogP contribution in [-0.2, 0) is 0 Å². The number of pyridine rings is 1. The zero-order valence-corrected chi connectivity index (χ0v) is 8.44. The van der Waals surface area contributed by atoms with Crippen LogP contribution in [0.2, 0.25) is 0 Å². The summed E-state index contributed by atoms with van der Waals surface area (Å²) in [5, 5.41) is 0. The van der Waals surface area contributed by atoms with Gasteiger partial charge in [0.1, 0.15) is 0 Å². The van der Waals surface area contributed by atoms with Crippen LogP contribution in [0.3, 0.4) is 0 Å². The molecule has 0 aliphatic rings. The first-order valence-electron chi connectivity index (χ1n) is 4.71. The van der Waals surface area contributed by atoms with Crippen molar-refractivity contribution >= 4 is 5.69 Å². The van der Waals surface area contributed by atoms with Crippen molar-refractivity contribution < 1.29 is 0 Å². The molecule has 15 heavy (non-hydrogen) atoms. The summed E-state index contributed by atoms with van der Waals surface area (Å²) in [6.45, 7) is 9.00. The molecule has 0 spiro atoms. The van der Waals surface area contributed by atoms with Gasteiger partial charge in [-0.2, -0.15) is 0 Å². The molecule has 2 aromatic rings. The van der Waals surface area contributed by atoms with Crippen LogP contribution in [0.4, 0.5) is 5.69 Å². The topological polar surface area (TPSA) is 17.2 Å². The number of benzene rings is 1. The van der Waals surface area contributed by atoms with Crippen LogP contribution in [-0.4, -0.2) is 4.98 Å². The van der Waals surface area contributed by atoms with Crippen LogP contribution >= 0.6 is 0 Å². The van der Waals surface area contributed by atoms with Gasteiger partial charge in [-0.05, 0) is 36.2 Å². The van der Waals surface area contributed by atoms with Gasteiger partial charge >= 0.3 is 0 Å². The summed E-state index contributed by atoms with van der Waals surface area (Å²) in [4.78, 5) is 7.70. The van der Waals surface area contributed by atoms with Crippen LogP contribution in [0.15, 0.2) is 42.6 Å². The first kappa shape index (κ1) is 9.42. The Morgan fingerprint density at radius 2 is 2.07 bits per heavy atom. The van der Waals surface area contributed by atoms with E-state index in [2.05, 4.69) is 9.83 Å². The molecule has 0 radical (unpaired) electrons. The number of rotatable bonds is 1. The molecule has 72 valence electrons. The Hall–Kier alpha value is -2.14. The Bertz CT molecular complexity index is 510. The SMILES string of the molecule is [C-]#[N+]c1ccc(C)c(-c2ccccn2)c1. The molecule has 0 unspecified atom stereocenters. The highest BCUT2D eigenvalue weighted by molar-refractivity contribution is 5.68. The molecule has 0 saturated carbocycles. The lowest BCUT2D eigenvalue weighted by Gasteiger charge is -2.05. The molecule has 0 N–H and O–H groups in total. The van der Waals surface area contributed by atoms with Crippen LogP contribution < -0.4 is 0 Å². The summed E-state index contributed by atoms with van der Waals surface area (Å²) in [5.74, 6) is 0. The molecule has 2 nitrogen and oxygen atoms in total. The highest BCUT2D eigenvalue weighted by atomic mass is 14.7. The van der Waals surface area contributed by atoms with E-state index in [0.717, 1.165) is 16.8 Å². The lowest BCUT2D eigenvalue weighted by atomic mass is 10.0. The summed E-state index contributed by atoms with van der Waals surface area (Å²) in [6, 6.07) is 11.5. The molecule has 2 heteroatoms. The quantitative estimate of drug-likeness (QED) is 0.634. The van der Waals surface area contributed by atoms with E-state index in [-0.39, 0.29) is 0 Å². The third-order valence-corrected chi connectivity index (χ3v) is 2.29. The molecule has 0 amide bonds. The van der Waals surface area contributed by atoms with Crippen molar-refractivity contribution in [2.75, 3.05) is 0 Å². The van der Waals surface area contributed by atoms with Gasteiger partial charge in [0, 0.05) is 6.20 Å². The van der Waals surface area contributed by atoms with E-state index in [9.17, 15) is 0 Å². The van der Waals surface area contributed by atoms with E-state index in [1.54, 1.807) is 6.20 Å². The second-order valence-electron chi connectivity index (χ2n) is 3.33. The maximum Gasteiger partial charge on any atom is 0.187 e. The van der Waals surface area contributed by atoms with Crippen molar-refractivity contribution in [3.8, 4) is 11.3 Å². The molecule has 1 aromatic carbocycles. The van der Waals surface area contributed by atoms with E-state index >= 15 is 0 Å². The maximum absolute atomic E-state index is 6.98. The minimum atomic E-state index is 0.654. The zero-order chi connectivity index (χ0) is 10.7. The van der Waals surface area contributed by atoms with Crippen LogP contribution in [0.5, 0.6) is 0 Å². The van der Waals surface area contributed by atoms with Crippen molar-refractivity contribution in [2.24, 2.45) is 0 Å². The van der Waals surface area contributed by atoms with E-state index < -0.39 is 0 Å². The standard InChI is InChI=1S/C13H10N2/c1-10-6-7-11(14-2)9-12(10)13-5-3-4-8-15-13/h3-9H,1H3. The average molecular weight is 194 g/mol. The number of hydrogen-bond donors (Lipinski definition) is 0. The minimum absolute atomic E-state index is 0.654. The monoisotopic (exact) mass is 194 g/mol. The lowest BCUT2D eigenvalue weighted by molar-refractivity contribution is 1.31. The summed E-state index contributed by atoms with van der Waals surface area (Å²) < 4.78 is 0. The molecule has 0 saturated heterocycles. The Kier molecular flexibility index (Phi) is 2.47. The fraction of sp³-hybridized carbons (Fsp3) is 0.0769. The summed E-state index contributed by atoms with van der Waals surface area (Å²) in [6.07, 6.45) is 1.76. The summed E-state index contributed by atoms with van der Waals surface area (Å²) in [7, 11) is 0. The Balaban J connectivity index is 2.58. The van der Waals surface area contributed by atoms with Gasteiger partial charge in [0.15, 0.2) is 5.69 Å². The van der Waals surface area contributed by atoms with Gasteiger partial charge in [0.2, 0.25) is 0 Å². The first-order valence-corrected chi connectivity index (χ1v) is 4.71. The van der Waals surface area contributed by atoms with E-state index in [1.807, 2.05) is 43.3 Å². The van der Waals surface area contributed by atoms with Crippen molar-refractivity contribution in [1.29, 1.82) is 0 Å². The van der Waals surface area contributed by atoms with Gasteiger partial charge in [-0.15, -0.1) is 0 Å². The number of nitrogens with zero attached hydrogens (tertiary/aromatic N) is 2. The minimum Gasteiger partial charge on any atom is -0.256 e. The molecule has 0 bridgehead atoms. The highest BCUT2D eigenvalue weighted by Gasteiger charge is 2.03. The van der Waals surface area contributed by atoms with Gasteiger partial charge in [-0.3, -0.25) is 4.98 Å². The number of aromatic nitrogens is 1. The highest BCUT2D eigenvalue weighted by Crippen LogP contribution is 2.25. The predicted octanol–water partition coefficient (Wildman–Crippen LogP) is 3.61. The molecule has 1 aromatic heterocycles. The molecule has 0 atom stereocenters. The van der Waals surface area contributed by atoms with Crippen LogP contribution in [0, 0.1) is 13.5 Å². The summed E-state index contributed by atoms with van der Waals surface area (Å²) in [5.41, 5.74) is 3.74. The van der Waals surface area contributed by atoms with Gasteiger partial charge in [0.05, 0.1) is 12.3 Å². The van der Waals surface area contributed by atoms with Crippen molar-refractivity contribution in [2.45, 2.75) is 6.92 Å². The van der Waals surface area contributed by atoms with Crippen molar-refractivity contribution in [3.63, 3.8) is 0 Å². The second kappa shape index (κ2) is 3.93. The molecular weight excluding hydrogens is 184 g/mol. The molecule has 0 aliphatic carbocycles. The lowest BCUT2D eigenvalue weighted by Crippen LogP contribution is -1.85. The fourth-order valence-electron chi connectivity index (χ4n) is 1.48. The van der Waals surface area contributed by atoms with Crippen LogP contribution in [0.25, 0.3) is 16.1 Å². The van der Waals surface area contributed by atoms with Crippen molar-refractivity contribution in [3.05, 3.63) is 59.6 Å². The zero-order valence-electron chi connectivity index (χ0n) is 8.44. The predicted molar refractivity (Wildman–Crippen MR) is 60.7 cm³/mol. The summed E-state index contributed by atoms with van der Waals surface area (Å²) >= 11 is 0. The van der Waals surface area contributed by atoms with Gasteiger partial charge in [0.25, 0.3) is 0 Å². The maximum atomic E-state index is 6.98. The Labute approximate surface area is 89.0 Å². The van der Waals surface area contributed by atoms with Gasteiger partial charge < -0.3 is 0 Å².